The molecule has 1 saturated heterocycles. The lowest BCUT2D eigenvalue weighted by Crippen LogP contribution is -2.27. The fourth-order valence-electron chi connectivity index (χ4n) is 2.46. The zero-order chi connectivity index (χ0) is 13.7. The van der Waals surface area contributed by atoms with Gasteiger partial charge in [-0.2, -0.15) is 0 Å². The highest BCUT2D eigenvalue weighted by Gasteiger charge is 2.15. The van der Waals surface area contributed by atoms with Crippen LogP contribution < -0.4 is 10.6 Å². The van der Waals surface area contributed by atoms with E-state index in [0.29, 0.717) is 11.8 Å². The Kier molecular flexibility index (Phi) is 4.97. The van der Waals surface area contributed by atoms with Crippen molar-refractivity contribution in [2.24, 2.45) is 5.92 Å². The molecule has 0 radical (unpaired) electrons. The lowest BCUT2D eigenvalue weighted by molar-refractivity contribution is 0.0949. The van der Waals surface area contributed by atoms with Gasteiger partial charge in [0.05, 0.1) is 0 Å². The van der Waals surface area contributed by atoms with Crippen LogP contribution in [0.1, 0.15) is 48.5 Å². The molecule has 0 aromatic heterocycles. The van der Waals surface area contributed by atoms with Gasteiger partial charge in [0.15, 0.2) is 0 Å². The molecule has 1 aliphatic heterocycles. The second-order valence-electron chi connectivity index (χ2n) is 5.75. The number of benzene rings is 1. The Hall–Kier alpha value is -1.35. The Bertz CT molecular complexity index is 405. The van der Waals surface area contributed by atoms with Crippen LogP contribution >= 0.6 is 0 Å². The molecule has 104 valence electrons. The van der Waals surface area contributed by atoms with Crippen molar-refractivity contribution in [3.8, 4) is 0 Å². The van der Waals surface area contributed by atoms with E-state index in [-0.39, 0.29) is 5.91 Å². The zero-order valence-corrected chi connectivity index (χ0v) is 11.9. The number of amides is 1. The third-order valence-corrected chi connectivity index (χ3v) is 3.65. The van der Waals surface area contributed by atoms with Crippen LogP contribution in [0.15, 0.2) is 24.3 Å². The summed E-state index contributed by atoms with van der Waals surface area (Å²) in [6.45, 7) is 7.12. The van der Waals surface area contributed by atoms with Crippen LogP contribution in [0.3, 0.4) is 0 Å². The van der Waals surface area contributed by atoms with E-state index in [2.05, 4.69) is 36.6 Å². The first-order valence-electron chi connectivity index (χ1n) is 7.25. The van der Waals surface area contributed by atoms with Gasteiger partial charge < -0.3 is 10.6 Å². The standard InChI is InChI=1S/C16H24N2O/c1-12(2)11-18-16(19)15-5-3-13(4-6-15)14-7-9-17-10-8-14/h3-6,12,14,17H,7-11H2,1-2H3,(H,18,19). The van der Waals surface area contributed by atoms with Crippen LogP contribution in [0.25, 0.3) is 0 Å². The van der Waals surface area contributed by atoms with E-state index in [4.69, 9.17) is 0 Å². The van der Waals surface area contributed by atoms with Crippen molar-refractivity contribution in [3.05, 3.63) is 35.4 Å². The molecule has 1 fully saturated rings. The molecule has 2 rings (SSSR count). The highest BCUT2D eigenvalue weighted by Crippen LogP contribution is 2.25. The monoisotopic (exact) mass is 260 g/mol. The van der Waals surface area contributed by atoms with Crippen LogP contribution in [0.5, 0.6) is 0 Å². The molecule has 1 aromatic rings. The first kappa shape index (κ1) is 14.1. The quantitative estimate of drug-likeness (QED) is 0.873. The van der Waals surface area contributed by atoms with Gasteiger partial charge >= 0.3 is 0 Å². The van der Waals surface area contributed by atoms with Crippen LogP contribution in [0, 0.1) is 5.92 Å². The third kappa shape index (κ3) is 4.06. The molecule has 0 unspecified atom stereocenters. The fourth-order valence-corrected chi connectivity index (χ4v) is 2.46. The third-order valence-electron chi connectivity index (χ3n) is 3.65. The number of carbonyl (C=O) groups excluding carboxylic acids is 1. The van der Waals surface area contributed by atoms with Gasteiger partial charge in [0.25, 0.3) is 5.91 Å². The van der Waals surface area contributed by atoms with Gasteiger partial charge in [0.2, 0.25) is 0 Å². The molecular weight excluding hydrogens is 236 g/mol. The maximum atomic E-state index is 11.9. The lowest BCUT2D eigenvalue weighted by atomic mass is 9.90. The molecule has 2 N–H and O–H groups in total. The van der Waals surface area contributed by atoms with Crippen molar-refractivity contribution >= 4 is 5.91 Å². The average molecular weight is 260 g/mol. The molecule has 0 spiro atoms. The zero-order valence-electron chi connectivity index (χ0n) is 11.9. The summed E-state index contributed by atoms with van der Waals surface area (Å²) in [4.78, 5) is 11.9. The first-order valence-corrected chi connectivity index (χ1v) is 7.25. The van der Waals surface area contributed by atoms with E-state index < -0.39 is 0 Å². The normalized spacial score (nSPS) is 16.6. The highest BCUT2D eigenvalue weighted by molar-refractivity contribution is 5.94. The van der Waals surface area contributed by atoms with Crippen molar-refractivity contribution in [2.45, 2.75) is 32.6 Å². The number of nitrogens with one attached hydrogen (secondary N) is 2. The molecule has 0 saturated carbocycles. The summed E-state index contributed by atoms with van der Waals surface area (Å²) < 4.78 is 0. The minimum Gasteiger partial charge on any atom is -0.352 e. The average Bonchev–Trinajstić information content (AvgIpc) is 2.46. The summed E-state index contributed by atoms with van der Waals surface area (Å²) in [6, 6.07) is 8.13. The molecule has 1 aliphatic rings. The molecule has 1 aromatic carbocycles. The molecule has 3 heteroatoms. The van der Waals surface area contributed by atoms with Gasteiger partial charge in [-0.1, -0.05) is 26.0 Å². The van der Waals surface area contributed by atoms with Gasteiger partial charge in [-0.3, -0.25) is 4.79 Å². The lowest BCUT2D eigenvalue weighted by Gasteiger charge is -2.23. The minimum absolute atomic E-state index is 0.0329. The van der Waals surface area contributed by atoms with E-state index >= 15 is 0 Å². The summed E-state index contributed by atoms with van der Waals surface area (Å²) in [5.74, 6) is 1.16. The van der Waals surface area contributed by atoms with Crippen molar-refractivity contribution in [1.29, 1.82) is 0 Å². The molecule has 1 heterocycles. The van der Waals surface area contributed by atoms with Crippen molar-refractivity contribution in [1.82, 2.24) is 10.6 Å². The predicted octanol–water partition coefficient (Wildman–Crippen LogP) is 2.54. The first-order chi connectivity index (χ1) is 9.16. The smallest absolute Gasteiger partial charge is 0.251 e. The van der Waals surface area contributed by atoms with Gasteiger partial charge in [0, 0.05) is 12.1 Å². The highest BCUT2D eigenvalue weighted by atomic mass is 16.1. The van der Waals surface area contributed by atoms with E-state index in [1.807, 2.05) is 12.1 Å². The van der Waals surface area contributed by atoms with Gasteiger partial charge in [-0.15, -0.1) is 0 Å². The van der Waals surface area contributed by atoms with Gasteiger partial charge in [-0.25, -0.2) is 0 Å². The number of rotatable bonds is 4. The van der Waals surface area contributed by atoms with Crippen LogP contribution in [-0.4, -0.2) is 25.5 Å². The summed E-state index contributed by atoms with van der Waals surface area (Å²) >= 11 is 0. The van der Waals surface area contributed by atoms with E-state index in [0.717, 1.165) is 25.2 Å². The molecule has 3 nitrogen and oxygen atoms in total. The summed E-state index contributed by atoms with van der Waals surface area (Å²) in [6.07, 6.45) is 2.39. The van der Waals surface area contributed by atoms with E-state index in [9.17, 15) is 4.79 Å². The Labute approximate surface area is 115 Å². The largest absolute Gasteiger partial charge is 0.352 e. The Morgan fingerprint density at radius 1 is 1.26 bits per heavy atom. The van der Waals surface area contributed by atoms with Crippen molar-refractivity contribution in [2.75, 3.05) is 19.6 Å². The molecule has 19 heavy (non-hydrogen) atoms. The SMILES string of the molecule is CC(C)CNC(=O)c1ccc(C2CCNCC2)cc1. The van der Waals surface area contributed by atoms with Gasteiger partial charge in [0.1, 0.15) is 0 Å². The maximum Gasteiger partial charge on any atom is 0.251 e. The second-order valence-corrected chi connectivity index (χ2v) is 5.75. The van der Waals surface area contributed by atoms with Crippen LogP contribution in [-0.2, 0) is 0 Å². The second kappa shape index (κ2) is 6.71. The summed E-state index contributed by atoms with van der Waals surface area (Å²) in [5, 5.41) is 6.33. The summed E-state index contributed by atoms with van der Waals surface area (Å²) in [5.41, 5.74) is 2.13. The number of piperidine rings is 1. The molecule has 0 aliphatic carbocycles. The van der Waals surface area contributed by atoms with Gasteiger partial charge in [-0.05, 0) is 55.5 Å². The summed E-state index contributed by atoms with van der Waals surface area (Å²) in [7, 11) is 0. The van der Waals surface area contributed by atoms with Crippen LogP contribution in [0.2, 0.25) is 0 Å². The Balaban J connectivity index is 1.95. The Morgan fingerprint density at radius 3 is 2.47 bits per heavy atom. The van der Waals surface area contributed by atoms with Crippen molar-refractivity contribution in [3.63, 3.8) is 0 Å². The predicted molar refractivity (Wildman–Crippen MR) is 78.5 cm³/mol. The maximum absolute atomic E-state index is 11.9. The van der Waals surface area contributed by atoms with Crippen LogP contribution in [0.4, 0.5) is 0 Å². The topological polar surface area (TPSA) is 41.1 Å². The molecule has 0 bridgehead atoms. The molecular formula is C16H24N2O. The number of hydrogen-bond donors (Lipinski definition) is 2. The van der Waals surface area contributed by atoms with E-state index in [1.165, 1.54) is 18.4 Å². The minimum atomic E-state index is 0.0329. The van der Waals surface area contributed by atoms with Crippen molar-refractivity contribution < 1.29 is 4.79 Å². The molecule has 0 atom stereocenters. The van der Waals surface area contributed by atoms with E-state index in [1.54, 1.807) is 0 Å². The number of hydrogen-bond acceptors (Lipinski definition) is 2. The fraction of sp³-hybridized carbons (Fsp3) is 0.562. The Morgan fingerprint density at radius 2 is 1.89 bits per heavy atom. The number of carbonyl (C=O) groups is 1. The molecule has 1 amide bonds.